The predicted molar refractivity (Wildman–Crippen MR) is 82.4 cm³/mol. The van der Waals surface area contributed by atoms with Crippen molar-refractivity contribution in [3.05, 3.63) is 46.8 Å². The van der Waals surface area contributed by atoms with Gasteiger partial charge in [-0.1, -0.05) is 0 Å². The molecule has 5 nitrogen and oxygen atoms in total. The fraction of sp³-hybridized carbons (Fsp3) is 0.400. The first-order chi connectivity index (χ1) is 10.4. The molecule has 1 saturated heterocycles. The summed E-state index contributed by atoms with van der Waals surface area (Å²) in [5.74, 6) is 0.571. The van der Waals surface area contributed by atoms with Gasteiger partial charge in [0.25, 0.3) is 0 Å². The van der Waals surface area contributed by atoms with Crippen LogP contribution in [-0.2, 0) is 6.54 Å². The van der Waals surface area contributed by atoms with E-state index in [1.54, 1.807) is 11.3 Å². The van der Waals surface area contributed by atoms with Crippen molar-refractivity contribution < 1.29 is 0 Å². The minimum absolute atomic E-state index is 0.571. The van der Waals surface area contributed by atoms with E-state index < -0.39 is 0 Å². The fourth-order valence-electron chi connectivity index (χ4n) is 3.09. The molecule has 0 saturated carbocycles. The number of hydrogen-bond donors (Lipinski definition) is 0. The Hall–Kier alpha value is -1.79. The van der Waals surface area contributed by atoms with Crippen LogP contribution < -0.4 is 0 Å². The summed E-state index contributed by atoms with van der Waals surface area (Å²) in [6, 6.07) is 4.07. The number of fused-ring (bicyclic) bond motifs is 1. The molecule has 0 bridgehead atoms. The van der Waals surface area contributed by atoms with Crippen molar-refractivity contribution in [3.8, 4) is 0 Å². The number of hydrogen-bond acceptors (Lipinski definition) is 5. The van der Waals surface area contributed by atoms with Gasteiger partial charge in [0, 0.05) is 35.8 Å². The summed E-state index contributed by atoms with van der Waals surface area (Å²) >= 11 is 1.67. The lowest BCUT2D eigenvalue weighted by Crippen LogP contribution is -2.33. The van der Waals surface area contributed by atoms with Gasteiger partial charge in [-0.05, 0) is 32.0 Å². The van der Waals surface area contributed by atoms with E-state index in [2.05, 4.69) is 31.4 Å². The molecular weight excluding hydrogens is 282 g/mol. The van der Waals surface area contributed by atoms with Crippen molar-refractivity contribution in [2.45, 2.75) is 25.3 Å². The third-order valence-corrected chi connectivity index (χ3v) is 4.83. The van der Waals surface area contributed by atoms with Gasteiger partial charge in [0.2, 0.25) is 0 Å². The molecule has 1 aliphatic heterocycles. The van der Waals surface area contributed by atoms with Crippen LogP contribution in [0.25, 0.3) is 5.65 Å². The lowest BCUT2D eigenvalue weighted by atomic mass is 9.93. The van der Waals surface area contributed by atoms with Gasteiger partial charge >= 0.3 is 0 Å². The number of nitrogens with zero attached hydrogens (tertiary/aromatic N) is 5. The van der Waals surface area contributed by atoms with Crippen molar-refractivity contribution >= 4 is 17.0 Å². The zero-order chi connectivity index (χ0) is 14.1. The van der Waals surface area contributed by atoms with Gasteiger partial charge in [-0.2, -0.15) is 5.10 Å². The van der Waals surface area contributed by atoms with Crippen LogP contribution in [0.5, 0.6) is 0 Å². The molecular formula is C15H17N5S. The second kappa shape index (κ2) is 5.54. The van der Waals surface area contributed by atoms with Gasteiger partial charge in [0.15, 0.2) is 5.65 Å². The summed E-state index contributed by atoms with van der Waals surface area (Å²) in [4.78, 5) is 11.2. The molecule has 4 heterocycles. The largest absolute Gasteiger partial charge is 0.297 e. The van der Waals surface area contributed by atoms with E-state index in [4.69, 9.17) is 0 Å². The van der Waals surface area contributed by atoms with Crippen LogP contribution in [0.2, 0.25) is 0 Å². The van der Waals surface area contributed by atoms with E-state index in [1.807, 2.05) is 28.5 Å². The highest BCUT2D eigenvalue weighted by Gasteiger charge is 2.23. The second-order valence-corrected chi connectivity index (χ2v) is 6.22. The highest BCUT2D eigenvalue weighted by molar-refractivity contribution is 7.07. The zero-order valence-corrected chi connectivity index (χ0v) is 12.5. The first kappa shape index (κ1) is 12.9. The lowest BCUT2D eigenvalue weighted by Gasteiger charge is -2.31. The highest BCUT2D eigenvalue weighted by Crippen LogP contribution is 2.28. The molecule has 108 valence electrons. The monoisotopic (exact) mass is 299 g/mol. The van der Waals surface area contributed by atoms with Crippen molar-refractivity contribution in [2.24, 2.45) is 0 Å². The molecule has 3 aromatic rings. The molecule has 4 rings (SSSR count). The standard InChI is InChI=1S/C15H17N5S/c1-5-16-15-2-6-18-20(15)14(1)12-3-7-19(8-4-12)9-13-10-21-11-17-13/h1-2,5-6,10-12H,3-4,7-9H2. The number of piperidine rings is 1. The molecule has 0 radical (unpaired) electrons. The Bertz CT molecular complexity index is 713. The van der Waals surface area contributed by atoms with E-state index in [-0.39, 0.29) is 0 Å². The highest BCUT2D eigenvalue weighted by atomic mass is 32.1. The first-order valence-electron chi connectivity index (χ1n) is 7.28. The molecule has 0 atom stereocenters. The van der Waals surface area contributed by atoms with Crippen LogP contribution in [0.4, 0.5) is 0 Å². The summed E-state index contributed by atoms with van der Waals surface area (Å²) in [5, 5.41) is 6.55. The van der Waals surface area contributed by atoms with Gasteiger partial charge in [-0.3, -0.25) is 4.90 Å². The SMILES string of the molecule is c1cc(C2CCN(Cc3cscn3)CC2)n2nccc2n1. The predicted octanol–water partition coefficient (Wildman–Crippen LogP) is 2.57. The molecule has 0 aliphatic carbocycles. The van der Waals surface area contributed by atoms with Gasteiger partial charge in [-0.25, -0.2) is 14.5 Å². The Morgan fingerprint density at radius 2 is 2.05 bits per heavy atom. The maximum Gasteiger partial charge on any atom is 0.155 e. The van der Waals surface area contributed by atoms with Crippen LogP contribution >= 0.6 is 11.3 Å². The lowest BCUT2D eigenvalue weighted by molar-refractivity contribution is 0.200. The van der Waals surface area contributed by atoms with E-state index >= 15 is 0 Å². The number of thiazole rings is 1. The molecule has 0 N–H and O–H groups in total. The zero-order valence-electron chi connectivity index (χ0n) is 11.7. The summed E-state index contributed by atoms with van der Waals surface area (Å²) in [6.45, 7) is 3.21. The average Bonchev–Trinajstić information content (AvgIpc) is 3.18. The summed E-state index contributed by atoms with van der Waals surface area (Å²) in [7, 11) is 0. The Labute approximate surface area is 127 Å². The number of likely N-dealkylation sites (tertiary alicyclic amines) is 1. The molecule has 21 heavy (non-hydrogen) atoms. The van der Waals surface area contributed by atoms with Crippen LogP contribution in [0.15, 0.2) is 35.4 Å². The molecule has 1 fully saturated rings. The summed E-state index contributed by atoms with van der Waals surface area (Å²) in [6.07, 6.45) is 6.06. The maximum atomic E-state index is 4.41. The van der Waals surface area contributed by atoms with Crippen molar-refractivity contribution in [2.75, 3.05) is 13.1 Å². The van der Waals surface area contributed by atoms with Crippen molar-refractivity contribution in [1.29, 1.82) is 0 Å². The summed E-state index contributed by atoms with van der Waals surface area (Å²) in [5.41, 5.74) is 5.33. The van der Waals surface area contributed by atoms with Crippen LogP contribution in [-0.4, -0.2) is 37.6 Å². The smallest absolute Gasteiger partial charge is 0.155 e. The van der Waals surface area contributed by atoms with Crippen LogP contribution in [0.1, 0.15) is 30.1 Å². The second-order valence-electron chi connectivity index (χ2n) is 5.50. The maximum absolute atomic E-state index is 4.41. The molecule has 0 spiro atoms. The van der Waals surface area contributed by atoms with Crippen LogP contribution in [0.3, 0.4) is 0 Å². The minimum atomic E-state index is 0.571. The topological polar surface area (TPSA) is 46.3 Å². The Morgan fingerprint density at radius 3 is 2.86 bits per heavy atom. The number of rotatable bonds is 3. The summed E-state index contributed by atoms with van der Waals surface area (Å²) < 4.78 is 1.99. The van der Waals surface area contributed by atoms with E-state index in [0.717, 1.165) is 25.3 Å². The average molecular weight is 299 g/mol. The molecule has 0 aromatic carbocycles. The van der Waals surface area contributed by atoms with Gasteiger partial charge in [0.05, 0.1) is 17.4 Å². The van der Waals surface area contributed by atoms with Crippen LogP contribution in [0, 0.1) is 0 Å². The molecule has 1 aliphatic rings. The third-order valence-electron chi connectivity index (χ3n) is 4.19. The van der Waals surface area contributed by atoms with E-state index in [9.17, 15) is 0 Å². The molecule has 0 unspecified atom stereocenters. The first-order valence-corrected chi connectivity index (χ1v) is 8.22. The third kappa shape index (κ3) is 2.56. The van der Waals surface area contributed by atoms with E-state index in [0.29, 0.717) is 5.92 Å². The Kier molecular flexibility index (Phi) is 3.40. The Morgan fingerprint density at radius 1 is 1.14 bits per heavy atom. The fourth-order valence-corrected chi connectivity index (χ4v) is 3.64. The van der Waals surface area contributed by atoms with Gasteiger partial charge < -0.3 is 0 Å². The van der Waals surface area contributed by atoms with Gasteiger partial charge in [-0.15, -0.1) is 11.3 Å². The normalized spacial score (nSPS) is 17.5. The quantitative estimate of drug-likeness (QED) is 0.746. The van der Waals surface area contributed by atoms with E-state index in [1.165, 1.54) is 24.2 Å². The molecule has 6 heteroatoms. The van der Waals surface area contributed by atoms with Gasteiger partial charge in [0.1, 0.15) is 0 Å². The number of aromatic nitrogens is 4. The molecule has 0 amide bonds. The van der Waals surface area contributed by atoms with Crippen molar-refractivity contribution in [1.82, 2.24) is 24.5 Å². The van der Waals surface area contributed by atoms with Crippen molar-refractivity contribution in [3.63, 3.8) is 0 Å². The molecule has 3 aromatic heterocycles. The minimum Gasteiger partial charge on any atom is -0.297 e. The Balaban J connectivity index is 1.46.